The van der Waals surface area contributed by atoms with Crippen molar-refractivity contribution in [3.63, 3.8) is 0 Å². The van der Waals surface area contributed by atoms with Gasteiger partial charge >= 0.3 is 0 Å². The topological polar surface area (TPSA) is 62.6 Å². The second-order valence-electron chi connectivity index (χ2n) is 5.73. The van der Waals surface area contributed by atoms with Gasteiger partial charge in [0.1, 0.15) is 5.82 Å². The Labute approximate surface area is 160 Å². The number of benzene rings is 2. The largest absolute Gasteiger partial charge is 0.322 e. The highest BCUT2D eigenvalue weighted by Gasteiger charge is 2.16. The Kier molecular flexibility index (Phi) is 7.44. The van der Waals surface area contributed by atoms with Crippen molar-refractivity contribution in [3.05, 3.63) is 53.3 Å². The Balaban J connectivity index is 1.86. The third-order valence-electron chi connectivity index (χ3n) is 3.51. The number of hydrogen-bond acceptors (Lipinski definition) is 3. The zero-order valence-electron chi connectivity index (χ0n) is 14.4. The monoisotopic (exact) mass is 396 g/mol. The zero-order valence-corrected chi connectivity index (χ0v) is 16.0. The molecule has 8 heteroatoms. The van der Waals surface area contributed by atoms with Crippen molar-refractivity contribution >= 4 is 46.6 Å². The third kappa shape index (κ3) is 6.01. The van der Waals surface area contributed by atoms with Gasteiger partial charge in [-0.3, -0.25) is 9.59 Å². The molecule has 138 valence electrons. The van der Waals surface area contributed by atoms with E-state index in [1.165, 1.54) is 12.1 Å². The number of likely N-dealkylation sites (N-methyl/N-ethyl adjacent to an activating group) is 1. The second kappa shape index (κ2) is 9.56. The lowest BCUT2D eigenvalue weighted by molar-refractivity contribution is -0.862. The lowest BCUT2D eigenvalue weighted by Crippen LogP contribution is -3.11. The first-order chi connectivity index (χ1) is 12.4. The summed E-state index contributed by atoms with van der Waals surface area (Å²) in [6.07, 6.45) is 1.94. The number of hydrogen-bond donors (Lipinski definition) is 3. The number of thioether (sulfide) groups is 1. The Hall–Kier alpha value is -2.09. The molecule has 0 heterocycles. The summed E-state index contributed by atoms with van der Waals surface area (Å²) < 4.78 is 13.0. The molecule has 0 saturated carbocycles. The van der Waals surface area contributed by atoms with E-state index < -0.39 is 5.82 Å². The molecule has 26 heavy (non-hydrogen) atoms. The van der Waals surface area contributed by atoms with Crippen LogP contribution in [0.3, 0.4) is 0 Å². The van der Waals surface area contributed by atoms with E-state index in [1.807, 2.05) is 30.5 Å². The predicted octanol–water partition coefficient (Wildman–Crippen LogP) is 2.29. The van der Waals surface area contributed by atoms with Crippen LogP contribution in [0.4, 0.5) is 15.8 Å². The molecule has 3 N–H and O–H groups in total. The fourth-order valence-corrected chi connectivity index (χ4v) is 3.11. The number of carbonyl (C=O) groups is 2. The van der Waals surface area contributed by atoms with Crippen molar-refractivity contribution in [1.29, 1.82) is 0 Å². The van der Waals surface area contributed by atoms with E-state index in [4.69, 9.17) is 11.6 Å². The van der Waals surface area contributed by atoms with Gasteiger partial charge < -0.3 is 15.5 Å². The quantitative estimate of drug-likeness (QED) is 0.629. The number of anilines is 2. The number of halogens is 2. The Bertz CT molecular complexity index is 804. The highest BCUT2D eigenvalue weighted by atomic mass is 35.5. The van der Waals surface area contributed by atoms with Crippen molar-refractivity contribution in [2.45, 2.75) is 4.90 Å². The summed E-state index contributed by atoms with van der Waals surface area (Å²) in [4.78, 5) is 26.0. The molecule has 0 aliphatic rings. The first-order valence-electron chi connectivity index (χ1n) is 7.88. The highest BCUT2D eigenvalue weighted by molar-refractivity contribution is 7.98. The average Bonchev–Trinajstić information content (AvgIpc) is 2.57. The summed E-state index contributed by atoms with van der Waals surface area (Å²) in [7, 11) is 1.74. The van der Waals surface area contributed by atoms with Crippen molar-refractivity contribution in [1.82, 2.24) is 0 Å². The van der Waals surface area contributed by atoms with Gasteiger partial charge in [-0.1, -0.05) is 23.7 Å². The lowest BCUT2D eigenvalue weighted by Gasteiger charge is -2.15. The average molecular weight is 397 g/mol. The number of amides is 2. The predicted molar refractivity (Wildman–Crippen MR) is 104 cm³/mol. The van der Waals surface area contributed by atoms with Crippen LogP contribution >= 0.6 is 23.4 Å². The summed E-state index contributed by atoms with van der Waals surface area (Å²) in [5.41, 5.74) is 1.09. The molecule has 0 aromatic heterocycles. The molecule has 0 spiro atoms. The van der Waals surface area contributed by atoms with Crippen molar-refractivity contribution in [2.75, 3.05) is 37.0 Å². The van der Waals surface area contributed by atoms with Crippen LogP contribution in [0.15, 0.2) is 47.4 Å². The van der Waals surface area contributed by atoms with E-state index in [0.717, 1.165) is 16.6 Å². The number of para-hydroxylation sites is 1. The number of carbonyl (C=O) groups excluding carboxylic acids is 2. The van der Waals surface area contributed by atoms with Gasteiger partial charge in [-0.05, 0) is 36.6 Å². The third-order valence-corrected chi connectivity index (χ3v) is 4.62. The Morgan fingerprint density at radius 3 is 2.31 bits per heavy atom. The molecule has 2 aromatic rings. The summed E-state index contributed by atoms with van der Waals surface area (Å²) in [6, 6.07) is 11.3. The minimum Gasteiger partial charge on any atom is -0.322 e. The van der Waals surface area contributed by atoms with E-state index in [9.17, 15) is 14.0 Å². The molecule has 2 rings (SSSR count). The van der Waals surface area contributed by atoms with Gasteiger partial charge in [0.15, 0.2) is 13.1 Å². The van der Waals surface area contributed by atoms with Gasteiger partial charge in [0, 0.05) is 4.90 Å². The summed E-state index contributed by atoms with van der Waals surface area (Å²) in [5.74, 6) is -0.970. The van der Waals surface area contributed by atoms with E-state index in [-0.39, 0.29) is 29.9 Å². The van der Waals surface area contributed by atoms with Gasteiger partial charge in [-0.2, -0.15) is 0 Å². The van der Waals surface area contributed by atoms with E-state index >= 15 is 0 Å². The fraction of sp³-hybridized carbons (Fsp3) is 0.222. The molecule has 1 unspecified atom stereocenters. The maximum Gasteiger partial charge on any atom is 0.279 e. The molecule has 0 aliphatic carbocycles. The van der Waals surface area contributed by atoms with Gasteiger partial charge in [-0.25, -0.2) is 4.39 Å². The van der Waals surface area contributed by atoms with Crippen LogP contribution < -0.4 is 15.5 Å². The van der Waals surface area contributed by atoms with Crippen molar-refractivity contribution in [2.24, 2.45) is 0 Å². The molecule has 1 atom stereocenters. The fourth-order valence-electron chi connectivity index (χ4n) is 2.34. The molecule has 0 aliphatic heterocycles. The highest BCUT2D eigenvalue weighted by Crippen LogP contribution is 2.24. The van der Waals surface area contributed by atoms with Crippen LogP contribution in [0.1, 0.15) is 0 Å². The van der Waals surface area contributed by atoms with Crippen LogP contribution in [0.25, 0.3) is 0 Å². The van der Waals surface area contributed by atoms with Crippen LogP contribution in [-0.4, -0.2) is 38.2 Å². The number of rotatable bonds is 7. The molecule has 0 fully saturated rings. The minimum atomic E-state index is -0.474. The molecular weight excluding hydrogens is 377 g/mol. The van der Waals surface area contributed by atoms with E-state index in [1.54, 1.807) is 18.8 Å². The van der Waals surface area contributed by atoms with Crippen LogP contribution in [0.5, 0.6) is 0 Å². The summed E-state index contributed by atoms with van der Waals surface area (Å²) >= 11 is 7.43. The van der Waals surface area contributed by atoms with Crippen LogP contribution in [-0.2, 0) is 9.59 Å². The number of nitrogens with one attached hydrogen (secondary N) is 3. The van der Waals surface area contributed by atoms with Crippen LogP contribution in [0, 0.1) is 5.82 Å². The van der Waals surface area contributed by atoms with Gasteiger partial charge in [-0.15, -0.1) is 11.8 Å². The maximum absolute atomic E-state index is 13.0. The van der Waals surface area contributed by atoms with Gasteiger partial charge in [0.25, 0.3) is 11.8 Å². The first kappa shape index (κ1) is 20.2. The van der Waals surface area contributed by atoms with Crippen molar-refractivity contribution < 1.29 is 18.9 Å². The molecule has 0 bridgehead atoms. The number of quaternary nitrogens is 1. The summed E-state index contributed by atoms with van der Waals surface area (Å²) in [5, 5.41) is 5.60. The van der Waals surface area contributed by atoms with Gasteiger partial charge in [0.05, 0.1) is 23.4 Å². The molecular formula is C18H20ClFN3O2S+. The van der Waals surface area contributed by atoms with E-state index in [2.05, 4.69) is 10.6 Å². The summed E-state index contributed by atoms with van der Waals surface area (Å²) in [6.45, 7) is 0.207. The second-order valence-corrected chi connectivity index (χ2v) is 6.99. The van der Waals surface area contributed by atoms with Crippen LogP contribution in [0.2, 0.25) is 5.02 Å². The molecule has 2 amide bonds. The van der Waals surface area contributed by atoms with E-state index in [0.29, 0.717) is 10.6 Å². The molecule has 2 aromatic carbocycles. The molecule has 5 nitrogen and oxygen atoms in total. The lowest BCUT2D eigenvalue weighted by atomic mass is 10.3. The Morgan fingerprint density at radius 1 is 1.08 bits per heavy atom. The first-order valence-corrected chi connectivity index (χ1v) is 9.48. The van der Waals surface area contributed by atoms with Gasteiger partial charge in [0.2, 0.25) is 0 Å². The Morgan fingerprint density at radius 2 is 1.69 bits per heavy atom. The SMILES string of the molecule is CSc1ccccc1NC(=O)C[NH+](C)CC(=O)Nc1ccc(F)cc1Cl. The zero-order chi connectivity index (χ0) is 19.1. The van der Waals surface area contributed by atoms with Crippen molar-refractivity contribution in [3.8, 4) is 0 Å². The maximum atomic E-state index is 13.0. The minimum absolute atomic E-state index is 0.0747. The molecule has 0 radical (unpaired) electrons. The standard InChI is InChI=1S/C18H19ClFN3O2S/c1-23(10-17(24)21-14-8-7-12(20)9-13(14)19)11-18(25)22-15-5-3-4-6-16(15)26-2/h3-9H,10-11H2,1-2H3,(H,21,24)(H,22,25)/p+1. The molecule has 0 saturated heterocycles. The smallest absolute Gasteiger partial charge is 0.279 e. The normalized spacial score (nSPS) is 11.7.